The van der Waals surface area contributed by atoms with Gasteiger partial charge in [0.25, 0.3) is 0 Å². The van der Waals surface area contributed by atoms with Gasteiger partial charge in [-0.3, -0.25) is 9.59 Å². The predicted molar refractivity (Wildman–Crippen MR) is 116 cm³/mol. The summed E-state index contributed by atoms with van der Waals surface area (Å²) in [4.78, 5) is 35.0. The van der Waals surface area contributed by atoms with Gasteiger partial charge in [-0.2, -0.15) is 0 Å². The number of carbonyl (C=O) groups excluding carboxylic acids is 3. The Morgan fingerprint density at radius 1 is 0.690 bits per heavy atom. The summed E-state index contributed by atoms with van der Waals surface area (Å²) in [6, 6.07) is 0. The molecule has 0 aliphatic rings. The van der Waals surface area contributed by atoms with E-state index in [-0.39, 0.29) is 11.9 Å². The molecule has 29 heavy (non-hydrogen) atoms. The Kier molecular flexibility index (Phi) is 13.6. The average Bonchev–Trinajstić information content (AvgIpc) is 2.66. The molecule has 0 aromatic rings. The highest BCUT2D eigenvalue weighted by Crippen LogP contribution is 2.27. The van der Waals surface area contributed by atoms with E-state index in [1.165, 1.54) is 0 Å². The van der Waals surface area contributed by atoms with Gasteiger partial charge in [-0.15, -0.1) is 0 Å². The van der Waals surface area contributed by atoms with Crippen LogP contribution in [0, 0.1) is 10.8 Å². The summed E-state index contributed by atoms with van der Waals surface area (Å²) in [5.74, 6) is 1.83. The van der Waals surface area contributed by atoms with Crippen molar-refractivity contribution in [2.75, 3.05) is 13.2 Å². The Morgan fingerprint density at radius 3 is 1.38 bits per heavy atom. The number of hydrogen-bond acceptors (Lipinski definition) is 5. The third-order valence-electron chi connectivity index (χ3n) is 5.36. The van der Waals surface area contributed by atoms with Crippen LogP contribution in [0.1, 0.15) is 106 Å². The van der Waals surface area contributed by atoms with Crippen LogP contribution in [-0.4, -0.2) is 31.1 Å². The zero-order chi connectivity index (χ0) is 22.3. The molecule has 0 fully saturated rings. The highest BCUT2D eigenvalue weighted by Gasteiger charge is 2.29. The van der Waals surface area contributed by atoms with Crippen molar-refractivity contribution in [3.63, 3.8) is 0 Å². The fraction of sp³-hybridized carbons (Fsp3) is 0.833. The lowest BCUT2D eigenvalue weighted by Crippen LogP contribution is -2.26. The molecule has 0 rings (SSSR count). The molecule has 5 nitrogen and oxygen atoms in total. The Morgan fingerprint density at radius 2 is 1.07 bits per heavy atom. The molecular formula is C24H42O5. The number of ether oxygens (including phenoxy) is 2. The lowest BCUT2D eigenvalue weighted by Gasteiger charge is -2.22. The molecule has 0 bridgehead atoms. The van der Waals surface area contributed by atoms with Gasteiger partial charge in [0.2, 0.25) is 0 Å². The maximum Gasteiger partial charge on any atom is 0.311 e. The summed E-state index contributed by atoms with van der Waals surface area (Å²) >= 11 is 0. The molecule has 0 aliphatic heterocycles. The zero-order valence-electron chi connectivity index (χ0n) is 19.5. The van der Waals surface area contributed by atoms with Crippen molar-refractivity contribution in [1.29, 1.82) is 0 Å². The highest BCUT2D eigenvalue weighted by atomic mass is 16.5. The fourth-order valence-corrected chi connectivity index (χ4v) is 3.25. The fourth-order valence-electron chi connectivity index (χ4n) is 3.25. The van der Waals surface area contributed by atoms with E-state index < -0.39 is 10.8 Å². The maximum atomic E-state index is 11.9. The van der Waals surface area contributed by atoms with Crippen LogP contribution in [0.2, 0.25) is 0 Å². The minimum absolute atomic E-state index is 0.139. The van der Waals surface area contributed by atoms with Crippen LogP contribution in [0.15, 0.2) is 5.57 Å². The first-order chi connectivity index (χ1) is 13.6. The first kappa shape index (κ1) is 27.4. The van der Waals surface area contributed by atoms with Crippen LogP contribution in [0.3, 0.4) is 0 Å². The van der Waals surface area contributed by atoms with E-state index >= 15 is 0 Å². The molecule has 0 N–H and O–H groups in total. The predicted octanol–water partition coefficient (Wildman–Crippen LogP) is 5.82. The van der Waals surface area contributed by atoms with Crippen molar-refractivity contribution in [2.24, 2.45) is 10.8 Å². The van der Waals surface area contributed by atoms with Gasteiger partial charge in [-0.05, 0) is 80.1 Å². The third-order valence-corrected chi connectivity index (χ3v) is 5.36. The van der Waals surface area contributed by atoms with Crippen molar-refractivity contribution < 1.29 is 23.9 Å². The second-order valence-corrected chi connectivity index (χ2v) is 9.04. The quantitative estimate of drug-likeness (QED) is 0.182. The topological polar surface area (TPSA) is 69.7 Å². The van der Waals surface area contributed by atoms with Gasteiger partial charge in [-0.1, -0.05) is 25.7 Å². The van der Waals surface area contributed by atoms with E-state index in [1.54, 1.807) is 0 Å². The molecule has 0 unspecified atom stereocenters. The lowest BCUT2D eigenvalue weighted by molar-refractivity contribution is -0.154. The SMILES string of the molecule is CCOC(=O)C(C)(C)CCCCCC(=C=O)CCCCCC(C)(C)C(=O)OCC. The van der Waals surface area contributed by atoms with E-state index in [0.29, 0.717) is 13.2 Å². The van der Waals surface area contributed by atoms with Gasteiger partial charge in [0.1, 0.15) is 5.94 Å². The zero-order valence-corrected chi connectivity index (χ0v) is 19.5. The van der Waals surface area contributed by atoms with Gasteiger partial charge in [-0.25, -0.2) is 4.79 Å². The summed E-state index contributed by atoms with van der Waals surface area (Å²) in [6.07, 6.45) is 8.89. The number of esters is 2. The number of rotatable bonds is 16. The number of carbonyl (C=O) groups is 2. The van der Waals surface area contributed by atoms with Crippen molar-refractivity contribution in [3.05, 3.63) is 5.57 Å². The Hall–Kier alpha value is -1.61. The van der Waals surface area contributed by atoms with Crippen molar-refractivity contribution in [2.45, 2.75) is 106 Å². The standard InChI is InChI=1S/C24H42O5/c1-7-28-21(26)23(3,4)17-13-9-11-15-20(19-25)16-12-10-14-18-24(5,6)22(27)29-8-2/h7-18H2,1-6H3. The van der Waals surface area contributed by atoms with Crippen molar-refractivity contribution in [1.82, 2.24) is 0 Å². The minimum Gasteiger partial charge on any atom is -0.466 e. The van der Waals surface area contributed by atoms with Gasteiger partial charge >= 0.3 is 11.9 Å². The van der Waals surface area contributed by atoms with E-state index in [0.717, 1.165) is 69.8 Å². The molecule has 0 radical (unpaired) electrons. The summed E-state index contributed by atoms with van der Waals surface area (Å²) in [5, 5.41) is 0. The average molecular weight is 411 g/mol. The van der Waals surface area contributed by atoms with Crippen LogP contribution in [0.4, 0.5) is 0 Å². The smallest absolute Gasteiger partial charge is 0.311 e. The largest absolute Gasteiger partial charge is 0.466 e. The number of hydrogen-bond donors (Lipinski definition) is 0. The molecule has 0 heterocycles. The van der Waals surface area contributed by atoms with Crippen LogP contribution >= 0.6 is 0 Å². The third kappa shape index (κ3) is 11.9. The molecule has 168 valence electrons. The van der Waals surface area contributed by atoms with Gasteiger partial charge in [0.05, 0.1) is 24.0 Å². The first-order valence-corrected chi connectivity index (χ1v) is 11.2. The summed E-state index contributed by atoms with van der Waals surface area (Å²) in [7, 11) is 0. The van der Waals surface area contributed by atoms with Gasteiger partial charge in [0.15, 0.2) is 0 Å². The summed E-state index contributed by atoms with van der Waals surface area (Å²) < 4.78 is 10.2. The van der Waals surface area contributed by atoms with Gasteiger partial charge < -0.3 is 9.47 Å². The normalized spacial score (nSPS) is 11.7. The second kappa shape index (κ2) is 14.4. The van der Waals surface area contributed by atoms with E-state index in [2.05, 4.69) is 5.94 Å². The Bertz CT molecular complexity index is 499. The van der Waals surface area contributed by atoms with Crippen LogP contribution in [-0.2, 0) is 23.9 Å². The first-order valence-electron chi connectivity index (χ1n) is 11.2. The van der Waals surface area contributed by atoms with Gasteiger partial charge in [0, 0.05) is 5.57 Å². The summed E-state index contributed by atoms with van der Waals surface area (Å²) in [5.41, 5.74) is -0.0489. The van der Waals surface area contributed by atoms with Crippen molar-refractivity contribution >= 4 is 17.9 Å². The van der Waals surface area contributed by atoms with E-state index in [4.69, 9.17) is 9.47 Å². The molecule has 0 aliphatic carbocycles. The number of allylic oxidation sites excluding steroid dienone is 1. The molecule has 0 atom stereocenters. The molecule has 0 aromatic carbocycles. The summed E-state index contributed by atoms with van der Waals surface area (Å²) in [6.45, 7) is 12.2. The molecule has 0 spiro atoms. The molecule has 0 aromatic heterocycles. The molecule has 0 saturated carbocycles. The Balaban J connectivity index is 3.98. The lowest BCUT2D eigenvalue weighted by atomic mass is 9.86. The van der Waals surface area contributed by atoms with Crippen LogP contribution < -0.4 is 0 Å². The molecule has 0 amide bonds. The monoisotopic (exact) mass is 410 g/mol. The van der Waals surface area contributed by atoms with E-state index in [1.807, 2.05) is 41.5 Å². The molecule has 0 saturated heterocycles. The van der Waals surface area contributed by atoms with E-state index in [9.17, 15) is 14.4 Å². The second-order valence-electron chi connectivity index (χ2n) is 9.04. The van der Waals surface area contributed by atoms with Crippen LogP contribution in [0.25, 0.3) is 0 Å². The minimum atomic E-state index is -0.448. The number of unbranched alkanes of at least 4 members (excludes halogenated alkanes) is 4. The Labute approximate surface area is 177 Å². The highest BCUT2D eigenvalue weighted by molar-refractivity contribution is 5.76. The molecular weight excluding hydrogens is 368 g/mol. The van der Waals surface area contributed by atoms with Crippen molar-refractivity contribution in [3.8, 4) is 0 Å². The maximum absolute atomic E-state index is 11.9. The van der Waals surface area contributed by atoms with Crippen LogP contribution in [0.5, 0.6) is 0 Å². The molecule has 5 heteroatoms.